The molecule has 0 saturated carbocycles. The van der Waals surface area contributed by atoms with Gasteiger partial charge in [-0.15, -0.1) is 11.3 Å². The van der Waals surface area contributed by atoms with Gasteiger partial charge in [0.05, 0.1) is 9.92 Å². The molecule has 3 N–H and O–H groups in total. The summed E-state index contributed by atoms with van der Waals surface area (Å²) in [7, 11) is -3.63. The first-order valence-corrected chi connectivity index (χ1v) is 9.08. The van der Waals surface area contributed by atoms with Crippen LogP contribution in [0.1, 0.15) is 16.0 Å². The van der Waals surface area contributed by atoms with Gasteiger partial charge in [-0.2, -0.15) is 0 Å². The summed E-state index contributed by atoms with van der Waals surface area (Å²) in [6.45, 7) is 2.19. The lowest BCUT2D eigenvalue weighted by Gasteiger charge is -2.08. The maximum absolute atomic E-state index is 12.2. The van der Waals surface area contributed by atoms with Gasteiger partial charge in [-0.1, -0.05) is 23.8 Å². The predicted molar refractivity (Wildman–Crippen MR) is 90.4 cm³/mol. The maximum atomic E-state index is 12.2. The number of hydrogen-bond acceptors (Lipinski definition) is 4. The number of halogens is 1. The van der Waals surface area contributed by atoms with Crippen molar-refractivity contribution in [2.24, 2.45) is 5.73 Å². The molecule has 0 unspecified atom stereocenters. The Morgan fingerprint density at radius 2 is 2.14 bits per heavy atom. The summed E-state index contributed by atoms with van der Waals surface area (Å²) < 4.78 is 27.0. The van der Waals surface area contributed by atoms with Crippen LogP contribution in [0.15, 0.2) is 34.5 Å². The topological polar surface area (TPSA) is 72.2 Å². The SMILES string of the molecule is Cc1ccsc1CNS(=O)(=O)c1ccc(C(N)=S)c(Cl)c1. The summed E-state index contributed by atoms with van der Waals surface area (Å²) in [5.74, 6) is 0. The highest BCUT2D eigenvalue weighted by atomic mass is 35.5. The van der Waals surface area contributed by atoms with Crippen molar-refractivity contribution in [3.63, 3.8) is 0 Å². The highest BCUT2D eigenvalue weighted by Gasteiger charge is 2.16. The summed E-state index contributed by atoms with van der Waals surface area (Å²) in [5, 5.41) is 2.14. The number of sulfonamides is 1. The molecule has 0 radical (unpaired) electrons. The molecule has 1 aromatic heterocycles. The Hall–Kier alpha value is -0.990. The summed E-state index contributed by atoms with van der Waals surface area (Å²) in [6, 6.07) is 6.24. The van der Waals surface area contributed by atoms with E-state index in [1.54, 1.807) is 0 Å². The third kappa shape index (κ3) is 3.81. The molecule has 2 aromatic rings. The monoisotopic (exact) mass is 360 g/mol. The lowest BCUT2D eigenvalue weighted by atomic mass is 10.2. The number of benzene rings is 1. The fourth-order valence-electron chi connectivity index (χ4n) is 1.69. The minimum Gasteiger partial charge on any atom is -0.389 e. The summed E-state index contributed by atoms with van der Waals surface area (Å²) in [4.78, 5) is 1.19. The van der Waals surface area contributed by atoms with Crippen LogP contribution in [0.4, 0.5) is 0 Å². The van der Waals surface area contributed by atoms with Crippen molar-refractivity contribution < 1.29 is 8.42 Å². The molecule has 0 aliphatic rings. The zero-order chi connectivity index (χ0) is 15.6. The second-order valence-corrected chi connectivity index (χ2v) is 7.97. The summed E-state index contributed by atoms with van der Waals surface area (Å²) in [6.07, 6.45) is 0. The normalized spacial score (nSPS) is 11.5. The smallest absolute Gasteiger partial charge is 0.240 e. The average Bonchev–Trinajstić information content (AvgIpc) is 2.81. The maximum Gasteiger partial charge on any atom is 0.240 e. The molecule has 112 valence electrons. The van der Waals surface area contributed by atoms with Gasteiger partial charge in [0.2, 0.25) is 10.0 Å². The zero-order valence-corrected chi connectivity index (χ0v) is 14.3. The number of nitrogens with one attached hydrogen (secondary N) is 1. The van der Waals surface area contributed by atoms with E-state index in [1.807, 2.05) is 18.4 Å². The second-order valence-electron chi connectivity index (χ2n) is 4.36. The van der Waals surface area contributed by atoms with Crippen molar-refractivity contribution in [3.05, 3.63) is 50.7 Å². The Kier molecular flexibility index (Phi) is 5.00. The Morgan fingerprint density at radius 3 is 2.67 bits per heavy atom. The van der Waals surface area contributed by atoms with Crippen LogP contribution >= 0.6 is 35.2 Å². The van der Waals surface area contributed by atoms with Crippen LogP contribution in [-0.2, 0) is 16.6 Å². The molecule has 1 aromatic carbocycles. The minimum absolute atomic E-state index is 0.0849. The second kappa shape index (κ2) is 6.41. The highest BCUT2D eigenvalue weighted by molar-refractivity contribution is 7.89. The third-order valence-corrected chi connectivity index (χ3v) is 5.86. The molecule has 0 fully saturated rings. The van der Waals surface area contributed by atoms with Crippen LogP contribution in [0, 0.1) is 6.92 Å². The Labute approximate surface area is 138 Å². The number of thiocarbonyl (C=S) groups is 1. The van der Waals surface area contributed by atoms with Gasteiger partial charge < -0.3 is 5.73 Å². The van der Waals surface area contributed by atoms with Crippen molar-refractivity contribution in [3.8, 4) is 0 Å². The third-order valence-electron chi connectivity index (χ3n) is 2.91. The van der Waals surface area contributed by atoms with E-state index in [1.165, 1.54) is 29.5 Å². The molecule has 0 saturated heterocycles. The summed E-state index contributed by atoms with van der Waals surface area (Å²) in [5.41, 5.74) is 7.01. The molecular weight excluding hydrogens is 348 g/mol. The van der Waals surface area contributed by atoms with Crippen LogP contribution in [0.2, 0.25) is 5.02 Å². The molecule has 8 heteroatoms. The lowest BCUT2D eigenvalue weighted by Crippen LogP contribution is -2.23. The molecule has 0 aliphatic heterocycles. The highest BCUT2D eigenvalue weighted by Crippen LogP contribution is 2.22. The van der Waals surface area contributed by atoms with E-state index in [4.69, 9.17) is 29.6 Å². The van der Waals surface area contributed by atoms with Gasteiger partial charge >= 0.3 is 0 Å². The van der Waals surface area contributed by atoms with Gasteiger partial charge in [0, 0.05) is 17.0 Å². The first-order valence-electron chi connectivity index (χ1n) is 5.93. The van der Waals surface area contributed by atoms with Crippen molar-refractivity contribution in [1.82, 2.24) is 4.72 Å². The average molecular weight is 361 g/mol. The number of rotatable bonds is 5. The van der Waals surface area contributed by atoms with E-state index in [2.05, 4.69) is 4.72 Å². The van der Waals surface area contributed by atoms with E-state index in [0.29, 0.717) is 5.56 Å². The van der Waals surface area contributed by atoms with Gasteiger partial charge in [0.1, 0.15) is 4.99 Å². The van der Waals surface area contributed by atoms with E-state index >= 15 is 0 Å². The Bertz CT molecular complexity index is 784. The molecule has 0 atom stereocenters. The quantitative estimate of drug-likeness (QED) is 0.804. The molecule has 0 aliphatic carbocycles. The van der Waals surface area contributed by atoms with Crippen LogP contribution < -0.4 is 10.5 Å². The number of hydrogen-bond donors (Lipinski definition) is 2. The van der Waals surface area contributed by atoms with Gasteiger partial charge in [-0.3, -0.25) is 0 Å². The number of nitrogens with two attached hydrogens (primary N) is 1. The van der Waals surface area contributed by atoms with Gasteiger partial charge in [-0.25, -0.2) is 13.1 Å². The van der Waals surface area contributed by atoms with Gasteiger partial charge in [0.15, 0.2) is 0 Å². The Balaban J connectivity index is 2.22. The largest absolute Gasteiger partial charge is 0.389 e. The van der Waals surface area contributed by atoms with Crippen molar-refractivity contribution in [1.29, 1.82) is 0 Å². The van der Waals surface area contributed by atoms with E-state index in [0.717, 1.165) is 10.4 Å². The molecule has 4 nitrogen and oxygen atoms in total. The predicted octanol–water partition coefficient (Wildman–Crippen LogP) is 2.82. The lowest BCUT2D eigenvalue weighted by molar-refractivity contribution is 0.581. The minimum atomic E-state index is -3.63. The molecular formula is C13H13ClN2O2S3. The van der Waals surface area contributed by atoms with E-state index in [-0.39, 0.29) is 21.5 Å². The molecule has 2 rings (SSSR count). The van der Waals surface area contributed by atoms with Crippen LogP contribution in [0.3, 0.4) is 0 Å². The first-order chi connectivity index (χ1) is 9.81. The van der Waals surface area contributed by atoms with Gasteiger partial charge in [-0.05, 0) is 42.1 Å². The van der Waals surface area contributed by atoms with Gasteiger partial charge in [0.25, 0.3) is 0 Å². The number of thiophene rings is 1. The Morgan fingerprint density at radius 1 is 1.43 bits per heavy atom. The van der Waals surface area contributed by atoms with E-state index in [9.17, 15) is 8.42 Å². The standard InChI is InChI=1S/C13H13ClN2O2S3/c1-8-4-5-20-12(8)7-16-21(17,18)9-2-3-10(13(15)19)11(14)6-9/h2-6,16H,7H2,1H3,(H2,15,19). The molecule has 0 bridgehead atoms. The van der Waals surface area contributed by atoms with E-state index < -0.39 is 10.0 Å². The summed E-state index contributed by atoms with van der Waals surface area (Å²) >= 11 is 12.3. The molecule has 21 heavy (non-hydrogen) atoms. The molecule has 1 heterocycles. The first kappa shape index (κ1) is 16.4. The number of aryl methyl sites for hydroxylation is 1. The van der Waals surface area contributed by atoms with Crippen molar-refractivity contribution in [2.45, 2.75) is 18.4 Å². The van der Waals surface area contributed by atoms with Crippen LogP contribution in [-0.4, -0.2) is 13.4 Å². The van der Waals surface area contributed by atoms with Crippen LogP contribution in [0.5, 0.6) is 0 Å². The van der Waals surface area contributed by atoms with Crippen molar-refractivity contribution >= 4 is 50.2 Å². The fraction of sp³-hybridized carbons (Fsp3) is 0.154. The fourth-order valence-corrected chi connectivity index (χ4v) is 4.23. The van der Waals surface area contributed by atoms with Crippen LogP contribution in [0.25, 0.3) is 0 Å². The van der Waals surface area contributed by atoms with Crippen molar-refractivity contribution in [2.75, 3.05) is 0 Å². The zero-order valence-electron chi connectivity index (χ0n) is 11.1. The molecule has 0 spiro atoms. The molecule has 0 amide bonds.